The van der Waals surface area contributed by atoms with Crippen molar-refractivity contribution in [1.29, 1.82) is 0 Å². The Kier molecular flexibility index (Phi) is 3.92. The average Bonchev–Trinajstić information content (AvgIpc) is 2.32. The second-order valence-corrected chi connectivity index (χ2v) is 4.95. The lowest BCUT2D eigenvalue weighted by Gasteiger charge is -2.39. The molecule has 0 bridgehead atoms. The Hall–Kier alpha value is -0.770. The molecule has 0 amide bonds. The number of morpholine rings is 1. The van der Waals surface area contributed by atoms with Crippen LogP contribution in [0.15, 0.2) is 18.2 Å². The highest BCUT2D eigenvalue weighted by Crippen LogP contribution is 2.30. The van der Waals surface area contributed by atoms with Gasteiger partial charge < -0.3 is 14.7 Å². The minimum Gasteiger partial charge on any atom is -0.392 e. The summed E-state index contributed by atoms with van der Waals surface area (Å²) >= 11 is 6.11. The van der Waals surface area contributed by atoms with Crippen LogP contribution in [-0.2, 0) is 11.3 Å². The first-order valence-electron chi connectivity index (χ1n) is 5.90. The number of rotatable bonds is 2. The number of aliphatic hydroxyl groups excluding tert-OH is 1. The molecule has 1 N–H and O–H groups in total. The number of aliphatic hydroxyl groups is 1. The van der Waals surface area contributed by atoms with Crippen molar-refractivity contribution in [2.24, 2.45) is 0 Å². The fraction of sp³-hybridized carbons (Fsp3) is 0.538. The highest BCUT2D eigenvalue weighted by Gasteiger charge is 2.25. The lowest BCUT2D eigenvalue weighted by molar-refractivity contribution is 0.0342. The smallest absolute Gasteiger partial charge is 0.0723 e. The van der Waals surface area contributed by atoms with E-state index in [0.29, 0.717) is 17.7 Å². The van der Waals surface area contributed by atoms with Crippen LogP contribution in [0.4, 0.5) is 5.69 Å². The molecule has 94 valence electrons. The van der Waals surface area contributed by atoms with Crippen molar-refractivity contribution >= 4 is 17.3 Å². The molecular formula is C13H18ClNO2. The Morgan fingerprint density at radius 2 is 2.24 bits per heavy atom. The molecule has 1 fully saturated rings. The van der Waals surface area contributed by atoms with Gasteiger partial charge in [-0.25, -0.2) is 0 Å². The van der Waals surface area contributed by atoms with Crippen LogP contribution in [0.2, 0.25) is 5.02 Å². The van der Waals surface area contributed by atoms with E-state index >= 15 is 0 Å². The Morgan fingerprint density at radius 1 is 1.47 bits per heavy atom. The van der Waals surface area contributed by atoms with Crippen molar-refractivity contribution in [2.75, 3.05) is 18.1 Å². The summed E-state index contributed by atoms with van der Waals surface area (Å²) < 4.78 is 5.61. The van der Waals surface area contributed by atoms with E-state index in [1.165, 1.54) is 0 Å². The third-order valence-electron chi connectivity index (χ3n) is 3.17. The summed E-state index contributed by atoms with van der Waals surface area (Å²) in [5, 5.41) is 10.1. The third kappa shape index (κ3) is 2.57. The molecule has 0 spiro atoms. The zero-order chi connectivity index (χ0) is 12.4. The van der Waals surface area contributed by atoms with Crippen LogP contribution in [0.3, 0.4) is 0 Å². The number of nitrogens with zero attached hydrogens (tertiary/aromatic N) is 1. The molecule has 17 heavy (non-hydrogen) atoms. The number of halogens is 1. The first kappa shape index (κ1) is 12.7. The number of benzene rings is 1. The maximum Gasteiger partial charge on any atom is 0.0723 e. The highest BCUT2D eigenvalue weighted by atomic mass is 35.5. The molecule has 1 aliphatic heterocycles. The number of hydrogen-bond acceptors (Lipinski definition) is 3. The maximum atomic E-state index is 9.44. The first-order valence-corrected chi connectivity index (χ1v) is 6.27. The Labute approximate surface area is 107 Å². The van der Waals surface area contributed by atoms with E-state index in [0.717, 1.165) is 17.8 Å². The molecule has 2 unspecified atom stereocenters. The molecule has 1 aromatic rings. The van der Waals surface area contributed by atoms with Gasteiger partial charge in [-0.05, 0) is 26.0 Å². The zero-order valence-electron chi connectivity index (χ0n) is 10.2. The maximum absolute atomic E-state index is 9.44. The number of ether oxygens (including phenoxy) is 1. The Balaban J connectivity index is 2.35. The van der Waals surface area contributed by atoms with Gasteiger partial charge in [0.25, 0.3) is 0 Å². The van der Waals surface area contributed by atoms with Crippen molar-refractivity contribution in [3.63, 3.8) is 0 Å². The van der Waals surface area contributed by atoms with Gasteiger partial charge in [-0.15, -0.1) is 0 Å². The van der Waals surface area contributed by atoms with E-state index in [1.54, 1.807) is 0 Å². The van der Waals surface area contributed by atoms with Crippen molar-refractivity contribution in [2.45, 2.75) is 32.6 Å². The second-order valence-electron chi connectivity index (χ2n) is 4.54. The summed E-state index contributed by atoms with van der Waals surface area (Å²) in [6, 6.07) is 6.04. The summed E-state index contributed by atoms with van der Waals surface area (Å²) in [5.74, 6) is 0. The lowest BCUT2D eigenvalue weighted by Crippen LogP contribution is -2.47. The quantitative estimate of drug-likeness (QED) is 0.881. The van der Waals surface area contributed by atoms with Crippen LogP contribution < -0.4 is 4.90 Å². The van der Waals surface area contributed by atoms with Gasteiger partial charge in [-0.1, -0.05) is 17.7 Å². The molecule has 2 rings (SSSR count). The van der Waals surface area contributed by atoms with Crippen LogP contribution >= 0.6 is 11.6 Å². The van der Waals surface area contributed by atoms with Gasteiger partial charge in [0.1, 0.15) is 0 Å². The van der Waals surface area contributed by atoms with Gasteiger partial charge in [0, 0.05) is 28.9 Å². The second kappa shape index (κ2) is 5.25. The van der Waals surface area contributed by atoms with E-state index in [1.807, 2.05) is 18.2 Å². The van der Waals surface area contributed by atoms with Crippen LogP contribution in [0.5, 0.6) is 0 Å². The number of hydrogen-bond donors (Lipinski definition) is 1. The molecule has 4 heteroatoms. The van der Waals surface area contributed by atoms with E-state index in [2.05, 4.69) is 18.7 Å². The summed E-state index contributed by atoms with van der Waals surface area (Å²) in [6.07, 6.45) is 0.205. The predicted octanol–water partition coefficient (Wildman–Crippen LogP) is 2.45. The fourth-order valence-electron chi connectivity index (χ4n) is 2.21. The van der Waals surface area contributed by atoms with E-state index in [9.17, 15) is 5.11 Å². The SMILES string of the molecule is CC1CN(c2cccc(Cl)c2CO)C(C)CO1. The number of anilines is 1. The minimum absolute atomic E-state index is 0.0343. The van der Waals surface area contributed by atoms with Crippen LogP contribution in [0.25, 0.3) is 0 Å². The Bertz CT molecular complexity index is 397. The van der Waals surface area contributed by atoms with Crippen molar-refractivity contribution in [3.05, 3.63) is 28.8 Å². The predicted molar refractivity (Wildman–Crippen MR) is 69.6 cm³/mol. The summed E-state index contributed by atoms with van der Waals surface area (Å²) in [5.41, 5.74) is 1.82. The van der Waals surface area contributed by atoms with E-state index in [4.69, 9.17) is 16.3 Å². The molecule has 1 saturated heterocycles. The molecule has 3 nitrogen and oxygen atoms in total. The monoisotopic (exact) mass is 255 g/mol. The van der Waals surface area contributed by atoms with Gasteiger partial charge >= 0.3 is 0 Å². The topological polar surface area (TPSA) is 32.7 Å². The largest absolute Gasteiger partial charge is 0.392 e. The van der Waals surface area contributed by atoms with Gasteiger partial charge in [0.15, 0.2) is 0 Å². The molecule has 1 aromatic carbocycles. The van der Waals surface area contributed by atoms with Crippen molar-refractivity contribution in [3.8, 4) is 0 Å². The van der Waals surface area contributed by atoms with Crippen molar-refractivity contribution < 1.29 is 9.84 Å². The summed E-state index contributed by atoms with van der Waals surface area (Å²) in [6.45, 7) is 5.68. The Morgan fingerprint density at radius 3 is 2.94 bits per heavy atom. The van der Waals surface area contributed by atoms with Crippen LogP contribution in [0.1, 0.15) is 19.4 Å². The normalized spacial score (nSPS) is 25.1. The summed E-state index contributed by atoms with van der Waals surface area (Å²) in [4.78, 5) is 2.26. The minimum atomic E-state index is -0.0343. The van der Waals surface area contributed by atoms with Gasteiger partial charge in [-0.2, -0.15) is 0 Å². The van der Waals surface area contributed by atoms with E-state index in [-0.39, 0.29) is 12.7 Å². The van der Waals surface area contributed by atoms with Crippen LogP contribution in [-0.4, -0.2) is 30.4 Å². The molecule has 1 aliphatic rings. The van der Waals surface area contributed by atoms with Gasteiger partial charge in [0.05, 0.1) is 19.3 Å². The highest BCUT2D eigenvalue weighted by molar-refractivity contribution is 6.31. The molecule has 0 aromatic heterocycles. The van der Waals surface area contributed by atoms with Crippen molar-refractivity contribution in [1.82, 2.24) is 0 Å². The van der Waals surface area contributed by atoms with Gasteiger partial charge in [0.2, 0.25) is 0 Å². The van der Waals surface area contributed by atoms with E-state index < -0.39 is 0 Å². The molecular weight excluding hydrogens is 238 g/mol. The lowest BCUT2D eigenvalue weighted by atomic mass is 10.1. The standard InChI is InChI=1S/C13H18ClNO2/c1-9-8-17-10(2)6-15(9)13-5-3-4-12(14)11(13)7-16/h3-5,9-10,16H,6-8H2,1-2H3. The molecule has 2 atom stereocenters. The average molecular weight is 256 g/mol. The molecule has 0 aliphatic carbocycles. The third-order valence-corrected chi connectivity index (χ3v) is 3.52. The molecule has 0 saturated carbocycles. The first-order chi connectivity index (χ1) is 8.13. The van der Waals surface area contributed by atoms with Gasteiger partial charge in [-0.3, -0.25) is 0 Å². The fourth-order valence-corrected chi connectivity index (χ4v) is 2.44. The molecule has 0 radical (unpaired) electrons. The molecule has 1 heterocycles. The van der Waals surface area contributed by atoms with Crippen LogP contribution in [0, 0.1) is 0 Å². The zero-order valence-corrected chi connectivity index (χ0v) is 10.9. The summed E-state index contributed by atoms with van der Waals surface area (Å²) in [7, 11) is 0.